The third-order valence-electron chi connectivity index (χ3n) is 5.38. The van der Waals surface area contributed by atoms with E-state index in [2.05, 4.69) is 27.4 Å². The maximum absolute atomic E-state index is 15.4. The van der Waals surface area contributed by atoms with Gasteiger partial charge < -0.3 is 14.7 Å². The molecule has 1 saturated heterocycles. The molecule has 4 rings (SSSR count). The molecule has 1 fully saturated rings. The lowest BCUT2D eigenvalue weighted by Gasteiger charge is -2.39. The summed E-state index contributed by atoms with van der Waals surface area (Å²) in [6.45, 7) is 5.51. The monoisotopic (exact) mass is 464 g/mol. The van der Waals surface area contributed by atoms with E-state index in [1.54, 1.807) is 17.0 Å². The van der Waals surface area contributed by atoms with Crippen LogP contribution in [0.3, 0.4) is 0 Å². The van der Waals surface area contributed by atoms with Crippen molar-refractivity contribution >= 4 is 21.8 Å². The molecule has 2 aliphatic heterocycles. The third-order valence-corrected chi connectivity index (χ3v) is 6.04. The fourth-order valence-electron chi connectivity index (χ4n) is 3.90. The number of aromatic hydroxyl groups is 1. The first-order chi connectivity index (χ1) is 13.9. The van der Waals surface area contributed by atoms with E-state index in [-0.39, 0.29) is 41.2 Å². The van der Waals surface area contributed by atoms with Crippen LogP contribution in [0.5, 0.6) is 11.5 Å². The summed E-state index contributed by atoms with van der Waals surface area (Å²) in [4.78, 5) is 15.7. The molecule has 2 aliphatic rings. The minimum atomic E-state index is -0.846. The van der Waals surface area contributed by atoms with E-state index in [9.17, 15) is 14.3 Å². The second kappa shape index (κ2) is 7.76. The molecule has 8 heteroatoms. The first kappa shape index (κ1) is 19.8. The first-order valence-electron chi connectivity index (χ1n) is 9.17. The highest BCUT2D eigenvalue weighted by Gasteiger charge is 2.34. The zero-order valence-corrected chi connectivity index (χ0v) is 17.1. The van der Waals surface area contributed by atoms with Crippen molar-refractivity contribution in [3.05, 3.63) is 58.6 Å². The maximum Gasteiger partial charge on any atom is 0.246 e. The maximum atomic E-state index is 15.4. The highest BCUT2D eigenvalue weighted by molar-refractivity contribution is 9.10. The van der Waals surface area contributed by atoms with Gasteiger partial charge in [-0.15, -0.1) is 0 Å². The number of rotatable bonds is 2. The number of hydrogen-bond donors (Lipinski definition) is 1. The second-order valence-corrected chi connectivity index (χ2v) is 7.95. The average molecular weight is 465 g/mol. The van der Waals surface area contributed by atoms with Crippen molar-refractivity contribution in [2.24, 2.45) is 0 Å². The molecule has 2 aromatic carbocycles. The Balaban J connectivity index is 1.71. The Morgan fingerprint density at radius 3 is 2.83 bits per heavy atom. The lowest BCUT2D eigenvalue weighted by molar-refractivity contribution is -0.129. The molecule has 2 heterocycles. The molecule has 29 heavy (non-hydrogen) atoms. The van der Waals surface area contributed by atoms with Crippen molar-refractivity contribution in [1.29, 1.82) is 0 Å². The van der Waals surface area contributed by atoms with Gasteiger partial charge in [-0.3, -0.25) is 9.69 Å². The summed E-state index contributed by atoms with van der Waals surface area (Å²) in [5.74, 6) is -2.03. The number of amides is 1. The summed E-state index contributed by atoms with van der Waals surface area (Å²) in [5, 5.41) is 10.2. The molecule has 1 amide bonds. The van der Waals surface area contributed by atoms with Crippen molar-refractivity contribution in [3.63, 3.8) is 0 Å². The predicted molar refractivity (Wildman–Crippen MR) is 108 cm³/mol. The van der Waals surface area contributed by atoms with Gasteiger partial charge in [0.1, 0.15) is 18.2 Å². The minimum Gasteiger partial charge on any atom is -0.507 e. The summed E-state index contributed by atoms with van der Waals surface area (Å²) < 4.78 is 36.5. The Bertz CT molecular complexity index is 978. The van der Waals surface area contributed by atoms with Crippen LogP contribution in [-0.2, 0) is 11.3 Å². The van der Waals surface area contributed by atoms with Crippen LogP contribution in [0.4, 0.5) is 8.78 Å². The zero-order chi connectivity index (χ0) is 20.7. The molecule has 0 saturated carbocycles. The van der Waals surface area contributed by atoms with Crippen LogP contribution < -0.4 is 4.74 Å². The molecule has 1 atom stereocenters. The molecule has 0 aromatic heterocycles. The van der Waals surface area contributed by atoms with Crippen molar-refractivity contribution in [1.82, 2.24) is 9.80 Å². The van der Waals surface area contributed by atoms with Gasteiger partial charge in [0.2, 0.25) is 5.91 Å². The number of phenolic OH excluding ortho intramolecular Hbond substituents is 1. The molecule has 0 unspecified atom stereocenters. The number of hydrogen-bond acceptors (Lipinski definition) is 4. The summed E-state index contributed by atoms with van der Waals surface area (Å²) in [6.07, 6.45) is 1.27. The van der Waals surface area contributed by atoms with Crippen LogP contribution in [0.15, 0.2) is 41.4 Å². The normalized spacial score (nSPS) is 19.0. The SMILES string of the molecule is C=CC(=O)N1CCN2Cc3cc(F)c(-c4c(O)cccc4Br)c(F)c3OC[C@H]2C1. The molecule has 1 N–H and O–H groups in total. The predicted octanol–water partition coefficient (Wildman–Crippen LogP) is 3.69. The number of carbonyl (C=O) groups is 1. The van der Waals surface area contributed by atoms with Crippen LogP contribution in [0, 0.1) is 11.6 Å². The highest BCUT2D eigenvalue weighted by Crippen LogP contribution is 2.43. The van der Waals surface area contributed by atoms with Crippen LogP contribution in [0.2, 0.25) is 0 Å². The lowest BCUT2D eigenvalue weighted by atomic mass is 10.00. The smallest absolute Gasteiger partial charge is 0.246 e. The first-order valence-corrected chi connectivity index (χ1v) is 9.97. The fraction of sp³-hybridized carbons (Fsp3) is 0.286. The number of piperazine rings is 1. The number of halogens is 3. The molecule has 0 aliphatic carbocycles. The lowest BCUT2D eigenvalue weighted by Crippen LogP contribution is -2.55. The van der Waals surface area contributed by atoms with Crippen molar-refractivity contribution in [2.75, 3.05) is 26.2 Å². The summed E-state index contributed by atoms with van der Waals surface area (Å²) in [7, 11) is 0. The van der Waals surface area contributed by atoms with E-state index in [4.69, 9.17) is 4.74 Å². The third kappa shape index (κ3) is 3.51. The molecule has 5 nitrogen and oxygen atoms in total. The van der Waals surface area contributed by atoms with Crippen molar-refractivity contribution in [3.8, 4) is 22.6 Å². The Hall–Kier alpha value is -2.45. The summed E-state index contributed by atoms with van der Waals surface area (Å²) >= 11 is 3.25. The van der Waals surface area contributed by atoms with Gasteiger partial charge in [0.25, 0.3) is 0 Å². The van der Waals surface area contributed by atoms with E-state index in [1.807, 2.05) is 0 Å². The van der Waals surface area contributed by atoms with E-state index < -0.39 is 11.6 Å². The standard InChI is InChI=1S/C21H19BrF2N2O3/c1-2-17(28)26-7-6-25-9-12-8-15(23)19(18-14(22)4-3-5-16(18)27)20(24)21(12)29-11-13(25)10-26/h2-5,8,13,27H,1,6-7,9-11H2/t13-/m1/s1. The quantitative estimate of drug-likeness (QED) is 0.688. The Labute approximate surface area is 175 Å². The van der Waals surface area contributed by atoms with Gasteiger partial charge >= 0.3 is 0 Å². The van der Waals surface area contributed by atoms with Crippen LogP contribution in [0.25, 0.3) is 11.1 Å². The van der Waals surface area contributed by atoms with Crippen LogP contribution in [-0.4, -0.2) is 53.1 Å². The van der Waals surface area contributed by atoms with E-state index >= 15 is 4.39 Å². The van der Waals surface area contributed by atoms with Gasteiger partial charge in [-0.1, -0.05) is 28.6 Å². The van der Waals surface area contributed by atoms with Crippen LogP contribution >= 0.6 is 15.9 Å². The van der Waals surface area contributed by atoms with E-state index in [0.717, 1.165) is 0 Å². The second-order valence-electron chi connectivity index (χ2n) is 7.09. The molecule has 0 spiro atoms. The zero-order valence-electron chi connectivity index (χ0n) is 15.5. The number of phenols is 1. The van der Waals surface area contributed by atoms with Crippen LogP contribution in [0.1, 0.15) is 5.56 Å². The fourth-order valence-corrected chi connectivity index (χ4v) is 4.45. The molecular weight excluding hydrogens is 446 g/mol. The van der Waals surface area contributed by atoms with Gasteiger partial charge in [0.15, 0.2) is 11.6 Å². The highest BCUT2D eigenvalue weighted by atomic mass is 79.9. The number of fused-ring (bicyclic) bond motifs is 2. The minimum absolute atomic E-state index is 0.0208. The van der Waals surface area contributed by atoms with Crippen molar-refractivity contribution < 1.29 is 23.4 Å². The Kier molecular flexibility index (Phi) is 5.31. The Morgan fingerprint density at radius 2 is 2.10 bits per heavy atom. The molecule has 0 radical (unpaired) electrons. The molecular formula is C21H19BrF2N2O3. The van der Waals surface area contributed by atoms with Gasteiger partial charge in [-0.25, -0.2) is 8.78 Å². The Morgan fingerprint density at radius 1 is 1.31 bits per heavy atom. The molecule has 152 valence electrons. The van der Waals surface area contributed by atoms with Crippen molar-refractivity contribution in [2.45, 2.75) is 12.6 Å². The molecule has 2 aromatic rings. The summed E-state index contributed by atoms with van der Waals surface area (Å²) in [5.41, 5.74) is 0.108. The molecule has 0 bridgehead atoms. The number of ether oxygens (including phenoxy) is 1. The van der Waals surface area contributed by atoms with E-state index in [1.165, 1.54) is 18.2 Å². The van der Waals surface area contributed by atoms with Gasteiger partial charge in [0, 0.05) is 41.8 Å². The number of carbonyl (C=O) groups excluding carboxylic acids is 1. The van der Waals surface area contributed by atoms with Gasteiger partial charge in [0.05, 0.1) is 11.6 Å². The number of nitrogens with zero attached hydrogens (tertiary/aromatic N) is 2. The average Bonchev–Trinajstić information content (AvgIpc) is 2.88. The topological polar surface area (TPSA) is 53.0 Å². The van der Waals surface area contributed by atoms with E-state index in [0.29, 0.717) is 36.2 Å². The largest absolute Gasteiger partial charge is 0.507 e. The van der Waals surface area contributed by atoms with Gasteiger partial charge in [-0.05, 0) is 24.3 Å². The summed E-state index contributed by atoms with van der Waals surface area (Å²) in [6, 6.07) is 5.68. The van der Waals surface area contributed by atoms with Gasteiger partial charge in [-0.2, -0.15) is 0 Å². The number of benzene rings is 2.